The molecule has 1 aromatic carbocycles. The number of nitrogens with two attached hydrogens (primary N) is 1. The summed E-state index contributed by atoms with van der Waals surface area (Å²) in [5, 5.41) is 2.90. The molecule has 1 aliphatic rings. The minimum atomic E-state index is -0.529. The number of carbonyl (C=O) groups excluding carboxylic acids is 2. The summed E-state index contributed by atoms with van der Waals surface area (Å²) < 4.78 is 5.30. The predicted octanol–water partition coefficient (Wildman–Crippen LogP) is 2.82. The molecule has 142 valence electrons. The number of primary amides is 1. The molecule has 7 nitrogen and oxygen atoms in total. The molecule has 1 aromatic heterocycles. The van der Waals surface area contributed by atoms with Crippen molar-refractivity contribution in [2.75, 3.05) is 29.9 Å². The highest BCUT2D eigenvalue weighted by atomic mass is 16.5. The minimum Gasteiger partial charge on any atom is -0.478 e. The number of benzene rings is 1. The van der Waals surface area contributed by atoms with Gasteiger partial charge in [-0.2, -0.15) is 0 Å². The molecule has 1 fully saturated rings. The van der Waals surface area contributed by atoms with Crippen molar-refractivity contribution in [2.24, 2.45) is 5.73 Å². The Balaban J connectivity index is 1.85. The van der Waals surface area contributed by atoms with Crippen LogP contribution in [0.5, 0.6) is 5.88 Å². The van der Waals surface area contributed by atoms with Crippen molar-refractivity contribution in [3.05, 3.63) is 47.7 Å². The maximum absolute atomic E-state index is 12.7. The van der Waals surface area contributed by atoms with E-state index in [0.717, 1.165) is 31.6 Å². The van der Waals surface area contributed by atoms with Gasteiger partial charge in [-0.05, 0) is 50.5 Å². The summed E-state index contributed by atoms with van der Waals surface area (Å²) in [5.41, 5.74) is 7.65. The fourth-order valence-electron chi connectivity index (χ4n) is 3.14. The zero-order chi connectivity index (χ0) is 19.2. The number of aromatic nitrogens is 1. The third kappa shape index (κ3) is 4.55. The van der Waals surface area contributed by atoms with Crippen molar-refractivity contribution in [2.45, 2.75) is 26.2 Å². The Hall–Kier alpha value is -3.09. The first-order chi connectivity index (χ1) is 13.1. The number of hydrogen-bond acceptors (Lipinski definition) is 5. The average molecular weight is 368 g/mol. The van der Waals surface area contributed by atoms with Gasteiger partial charge in [0.25, 0.3) is 5.91 Å². The summed E-state index contributed by atoms with van der Waals surface area (Å²) in [5.74, 6) is -0.359. The lowest BCUT2D eigenvalue weighted by atomic mass is 10.1. The SMILES string of the molecule is CCOc1ccc(C(=O)Nc2cc(C(N)=O)ccc2N2CCCCC2)cn1. The summed E-state index contributed by atoms with van der Waals surface area (Å²) in [6, 6.07) is 8.49. The third-order valence-electron chi connectivity index (χ3n) is 4.52. The number of pyridine rings is 1. The van der Waals surface area contributed by atoms with Crippen LogP contribution in [0.1, 0.15) is 46.9 Å². The van der Waals surface area contributed by atoms with E-state index in [1.54, 1.807) is 24.3 Å². The number of rotatable bonds is 6. The van der Waals surface area contributed by atoms with E-state index in [1.807, 2.05) is 13.0 Å². The Bertz CT molecular complexity index is 814. The van der Waals surface area contributed by atoms with Crippen molar-refractivity contribution in [3.8, 4) is 5.88 Å². The molecular formula is C20H24N4O3. The number of nitrogens with zero attached hydrogens (tertiary/aromatic N) is 2. The van der Waals surface area contributed by atoms with Crippen molar-refractivity contribution < 1.29 is 14.3 Å². The summed E-state index contributed by atoms with van der Waals surface area (Å²) in [6.07, 6.45) is 4.88. The van der Waals surface area contributed by atoms with E-state index < -0.39 is 5.91 Å². The first-order valence-corrected chi connectivity index (χ1v) is 9.17. The summed E-state index contributed by atoms with van der Waals surface area (Å²) in [4.78, 5) is 30.6. The third-order valence-corrected chi connectivity index (χ3v) is 4.52. The van der Waals surface area contributed by atoms with E-state index in [9.17, 15) is 9.59 Å². The maximum Gasteiger partial charge on any atom is 0.257 e. The number of hydrogen-bond donors (Lipinski definition) is 2. The molecule has 0 bridgehead atoms. The van der Waals surface area contributed by atoms with Crippen LogP contribution in [0.3, 0.4) is 0 Å². The van der Waals surface area contributed by atoms with Gasteiger partial charge in [0.05, 0.1) is 23.5 Å². The van der Waals surface area contributed by atoms with E-state index in [2.05, 4.69) is 15.2 Å². The predicted molar refractivity (Wildman–Crippen MR) is 104 cm³/mol. The Morgan fingerprint density at radius 1 is 1.15 bits per heavy atom. The molecule has 27 heavy (non-hydrogen) atoms. The Morgan fingerprint density at radius 2 is 1.89 bits per heavy atom. The van der Waals surface area contributed by atoms with E-state index >= 15 is 0 Å². The molecule has 0 radical (unpaired) electrons. The number of piperidine rings is 1. The molecule has 0 saturated carbocycles. The quantitative estimate of drug-likeness (QED) is 0.817. The molecule has 7 heteroatoms. The fraction of sp³-hybridized carbons (Fsp3) is 0.350. The number of amides is 2. The highest BCUT2D eigenvalue weighted by Gasteiger charge is 2.18. The molecule has 2 amide bonds. The van der Waals surface area contributed by atoms with Crippen LogP contribution in [-0.2, 0) is 0 Å². The number of anilines is 2. The molecule has 1 saturated heterocycles. The van der Waals surface area contributed by atoms with Crippen LogP contribution in [0.4, 0.5) is 11.4 Å². The lowest BCUT2D eigenvalue weighted by molar-refractivity contribution is 0.0996. The van der Waals surface area contributed by atoms with Gasteiger partial charge in [-0.25, -0.2) is 4.98 Å². The van der Waals surface area contributed by atoms with Crippen LogP contribution in [0, 0.1) is 0 Å². The standard InChI is InChI=1S/C20H24N4O3/c1-2-27-18-9-7-15(13-22-18)20(26)23-16-12-14(19(21)25)6-8-17(16)24-10-4-3-5-11-24/h6-9,12-13H,2-5,10-11H2,1H3,(H2,21,25)(H,23,26). The van der Waals surface area contributed by atoms with E-state index in [1.165, 1.54) is 12.6 Å². The van der Waals surface area contributed by atoms with Crippen LogP contribution < -0.4 is 20.7 Å². The summed E-state index contributed by atoms with van der Waals surface area (Å²) >= 11 is 0. The van der Waals surface area contributed by atoms with Crippen LogP contribution >= 0.6 is 0 Å². The summed E-state index contributed by atoms with van der Waals surface area (Å²) in [7, 11) is 0. The molecule has 0 unspecified atom stereocenters. The van der Waals surface area contributed by atoms with Crippen LogP contribution in [0.25, 0.3) is 0 Å². The van der Waals surface area contributed by atoms with Gasteiger partial charge in [0.2, 0.25) is 11.8 Å². The molecule has 0 atom stereocenters. The second-order valence-electron chi connectivity index (χ2n) is 6.42. The molecule has 2 heterocycles. The first kappa shape index (κ1) is 18.7. The van der Waals surface area contributed by atoms with Crippen molar-refractivity contribution in [1.82, 2.24) is 4.98 Å². The number of ether oxygens (including phenoxy) is 1. The lowest BCUT2D eigenvalue weighted by Gasteiger charge is -2.30. The van der Waals surface area contributed by atoms with Gasteiger partial charge in [-0.3, -0.25) is 9.59 Å². The monoisotopic (exact) mass is 368 g/mol. The second kappa shape index (κ2) is 8.53. The fourth-order valence-corrected chi connectivity index (χ4v) is 3.14. The van der Waals surface area contributed by atoms with E-state index in [4.69, 9.17) is 10.5 Å². The maximum atomic E-state index is 12.7. The van der Waals surface area contributed by atoms with Crippen LogP contribution in [-0.4, -0.2) is 36.5 Å². The van der Waals surface area contributed by atoms with Crippen molar-refractivity contribution >= 4 is 23.2 Å². The van der Waals surface area contributed by atoms with Gasteiger partial charge in [-0.15, -0.1) is 0 Å². The number of nitrogens with one attached hydrogen (secondary N) is 1. The van der Waals surface area contributed by atoms with Gasteiger partial charge < -0.3 is 20.7 Å². The Morgan fingerprint density at radius 3 is 2.52 bits per heavy atom. The minimum absolute atomic E-state index is 0.301. The zero-order valence-electron chi connectivity index (χ0n) is 15.4. The normalized spacial score (nSPS) is 13.9. The van der Waals surface area contributed by atoms with Crippen LogP contribution in [0.2, 0.25) is 0 Å². The largest absolute Gasteiger partial charge is 0.478 e. The van der Waals surface area contributed by atoms with Crippen LogP contribution in [0.15, 0.2) is 36.5 Å². The smallest absolute Gasteiger partial charge is 0.257 e. The van der Waals surface area contributed by atoms with Gasteiger partial charge in [0, 0.05) is 30.9 Å². The Labute approximate surface area is 158 Å². The van der Waals surface area contributed by atoms with E-state index in [0.29, 0.717) is 29.3 Å². The highest BCUT2D eigenvalue weighted by Crippen LogP contribution is 2.30. The topological polar surface area (TPSA) is 97.5 Å². The molecule has 3 N–H and O–H groups in total. The lowest BCUT2D eigenvalue weighted by Crippen LogP contribution is -2.30. The molecular weight excluding hydrogens is 344 g/mol. The summed E-state index contributed by atoms with van der Waals surface area (Å²) in [6.45, 7) is 4.22. The zero-order valence-corrected chi connectivity index (χ0v) is 15.4. The molecule has 1 aliphatic heterocycles. The molecule has 3 rings (SSSR count). The second-order valence-corrected chi connectivity index (χ2v) is 6.42. The molecule has 0 spiro atoms. The Kier molecular flexibility index (Phi) is 5.90. The van der Waals surface area contributed by atoms with Crippen molar-refractivity contribution in [1.29, 1.82) is 0 Å². The average Bonchev–Trinajstić information content (AvgIpc) is 2.69. The highest BCUT2D eigenvalue weighted by molar-refractivity contribution is 6.07. The molecule has 0 aliphatic carbocycles. The van der Waals surface area contributed by atoms with Gasteiger partial charge in [0.15, 0.2) is 0 Å². The van der Waals surface area contributed by atoms with E-state index in [-0.39, 0.29) is 5.91 Å². The van der Waals surface area contributed by atoms with Gasteiger partial charge in [0.1, 0.15) is 0 Å². The van der Waals surface area contributed by atoms with Gasteiger partial charge in [-0.1, -0.05) is 0 Å². The molecule has 2 aromatic rings. The number of carbonyl (C=O) groups is 2. The van der Waals surface area contributed by atoms with Crippen molar-refractivity contribution in [3.63, 3.8) is 0 Å². The van der Waals surface area contributed by atoms with Gasteiger partial charge >= 0.3 is 0 Å². The first-order valence-electron chi connectivity index (χ1n) is 9.17.